The van der Waals surface area contributed by atoms with E-state index in [1.54, 1.807) is 6.07 Å². The van der Waals surface area contributed by atoms with Gasteiger partial charge in [0.05, 0.1) is 30.4 Å². The Kier molecular flexibility index (Phi) is 7.26. The molecular weight excluding hydrogens is 466 g/mol. The maximum Gasteiger partial charge on any atom is 0.340 e. The second-order valence-corrected chi connectivity index (χ2v) is 8.77. The van der Waals surface area contributed by atoms with Crippen LogP contribution in [0.1, 0.15) is 22.8 Å². The smallest absolute Gasteiger partial charge is 0.340 e. The highest BCUT2D eigenvalue weighted by Gasteiger charge is 2.29. The van der Waals surface area contributed by atoms with Gasteiger partial charge in [-0.25, -0.2) is 13.2 Å². The van der Waals surface area contributed by atoms with Crippen molar-refractivity contribution in [1.82, 2.24) is 0 Å². The number of rotatable bonds is 7. The fourth-order valence-corrected chi connectivity index (χ4v) is 4.37. The summed E-state index contributed by atoms with van der Waals surface area (Å²) in [7, 11) is -0.0641. The summed E-state index contributed by atoms with van der Waals surface area (Å²) in [5.41, 5.74) is 0.371. The molecule has 2 aromatic rings. The third kappa shape index (κ3) is 5.07. The summed E-state index contributed by atoms with van der Waals surface area (Å²) in [6.07, 6.45) is 0. The first-order valence-corrected chi connectivity index (χ1v) is 10.5. The number of hydrogen-bond acceptors (Lipinski definition) is 7. The molecule has 0 amide bonds. The van der Waals surface area contributed by atoms with Crippen LogP contribution in [0.25, 0.3) is 0 Å². The Morgan fingerprint density at radius 1 is 1.10 bits per heavy atom. The van der Waals surface area contributed by atoms with Crippen molar-refractivity contribution in [2.24, 2.45) is 0 Å². The molecule has 0 aliphatic carbocycles. The molecule has 0 bridgehead atoms. The van der Waals surface area contributed by atoms with Crippen LogP contribution in [0.15, 0.2) is 45.8 Å². The van der Waals surface area contributed by atoms with Gasteiger partial charge in [-0.2, -0.15) is 0 Å². The van der Waals surface area contributed by atoms with Gasteiger partial charge >= 0.3 is 11.9 Å². The lowest BCUT2D eigenvalue weighted by atomic mass is 10.1. The van der Waals surface area contributed by atoms with Gasteiger partial charge in [-0.1, -0.05) is 15.9 Å². The first-order valence-electron chi connectivity index (χ1n) is 8.29. The van der Waals surface area contributed by atoms with Crippen LogP contribution < -0.4 is 9.04 Å². The molecule has 0 aliphatic heterocycles. The molecule has 0 radical (unpaired) electrons. The van der Waals surface area contributed by atoms with E-state index in [0.29, 0.717) is 15.8 Å². The monoisotopic (exact) mass is 485 g/mol. The number of hydrogen-bond donors (Lipinski definition) is 0. The lowest BCUT2D eigenvalue weighted by molar-refractivity contribution is -0.142. The second-order valence-electron chi connectivity index (χ2n) is 5.88. The van der Waals surface area contributed by atoms with E-state index in [1.807, 2.05) is 0 Å². The number of sulfonamides is 1. The van der Waals surface area contributed by atoms with Gasteiger partial charge < -0.3 is 14.2 Å². The molecule has 0 saturated heterocycles. The Morgan fingerprint density at radius 3 is 2.24 bits per heavy atom. The van der Waals surface area contributed by atoms with E-state index in [1.165, 1.54) is 58.5 Å². The van der Waals surface area contributed by atoms with E-state index in [4.69, 9.17) is 14.2 Å². The van der Waals surface area contributed by atoms with Crippen LogP contribution in [-0.4, -0.2) is 41.6 Å². The first kappa shape index (κ1) is 22.7. The van der Waals surface area contributed by atoms with Gasteiger partial charge in [-0.3, -0.25) is 9.10 Å². The first-order chi connectivity index (χ1) is 13.6. The van der Waals surface area contributed by atoms with Crippen LogP contribution in [0.2, 0.25) is 0 Å². The van der Waals surface area contributed by atoms with Gasteiger partial charge in [0.2, 0.25) is 0 Å². The Balaban J connectivity index is 2.64. The maximum atomic E-state index is 13.2. The summed E-state index contributed by atoms with van der Waals surface area (Å²) in [4.78, 5) is 23.6. The lowest BCUT2D eigenvalue weighted by Crippen LogP contribution is -2.29. The third-order valence-electron chi connectivity index (χ3n) is 4.02. The molecule has 0 aromatic heterocycles. The number of halogens is 1. The third-order valence-corrected chi connectivity index (χ3v) is 6.25. The largest absolute Gasteiger partial charge is 0.497 e. The highest BCUT2D eigenvalue weighted by molar-refractivity contribution is 9.10. The van der Waals surface area contributed by atoms with Gasteiger partial charge in [-0.05, 0) is 36.4 Å². The van der Waals surface area contributed by atoms with E-state index >= 15 is 0 Å². The average Bonchev–Trinajstić information content (AvgIpc) is 2.70. The molecule has 29 heavy (non-hydrogen) atoms. The number of methoxy groups -OCH3 is 2. The average molecular weight is 486 g/mol. The van der Waals surface area contributed by atoms with Crippen molar-refractivity contribution in [3.05, 3.63) is 52.0 Å². The van der Waals surface area contributed by atoms with Crippen molar-refractivity contribution in [3.63, 3.8) is 0 Å². The zero-order valence-electron chi connectivity index (χ0n) is 16.3. The molecule has 156 valence electrons. The van der Waals surface area contributed by atoms with Crippen LogP contribution in [0, 0.1) is 0 Å². The van der Waals surface area contributed by atoms with Crippen LogP contribution in [-0.2, 0) is 30.9 Å². The van der Waals surface area contributed by atoms with Crippen molar-refractivity contribution < 1.29 is 32.2 Å². The van der Waals surface area contributed by atoms with Gasteiger partial charge in [0.1, 0.15) is 12.4 Å². The van der Waals surface area contributed by atoms with Crippen molar-refractivity contribution in [1.29, 1.82) is 0 Å². The maximum absolute atomic E-state index is 13.2. The molecule has 10 heteroatoms. The normalized spacial score (nSPS) is 10.9. The lowest BCUT2D eigenvalue weighted by Gasteiger charge is -2.25. The van der Waals surface area contributed by atoms with Crippen LogP contribution >= 0.6 is 15.9 Å². The highest BCUT2D eigenvalue weighted by atomic mass is 79.9. The molecule has 2 aromatic carbocycles. The molecule has 0 unspecified atom stereocenters. The summed E-state index contributed by atoms with van der Waals surface area (Å²) in [5.74, 6) is -0.778. The van der Waals surface area contributed by atoms with E-state index in [0.717, 1.165) is 4.31 Å². The Hall–Kier alpha value is -2.59. The number of carbonyl (C=O) groups is 2. The predicted molar refractivity (Wildman–Crippen MR) is 110 cm³/mol. The zero-order chi connectivity index (χ0) is 21.8. The molecule has 0 aliphatic rings. The predicted octanol–water partition coefficient (Wildman–Crippen LogP) is 3.13. The molecule has 2 rings (SSSR count). The second kappa shape index (κ2) is 9.27. The van der Waals surface area contributed by atoms with Gasteiger partial charge in [0, 0.05) is 24.0 Å². The minimum atomic E-state index is -4.04. The number of carbonyl (C=O) groups excluding carboxylic acids is 2. The van der Waals surface area contributed by atoms with Crippen LogP contribution in [0.3, 0.4) is 0 Å². The van der Waals surface area contributed by atoms with Gasteiger partial charge in [0.25, 0.3) is 10.0 Å². The summed E-state index contributed by atoms with van der Waals surface area (Å²) in [6.45, 7) is 1.01. The number of anilines is 1. The molecule has 0 atom stereocenters. The van der Waals surface area contributed by atoms with Crippen LogP contribution in [0.4, 0.5) is 5.69 Å². The fraction of sp³-hybridized carbons (Fsp3) is 0.263. The number of esters is 2. The van der Waals surface area contributed by atoms with Crippen molar-refractivity contribution in [2.75, 3.05) is 25.6 Å². The summed E-state index contributed by atoms with van der Waals surface area (Å²) >= 11 is 3.28. The van der Waals surface area contributed by atoms with Crippen LogP contribution in [0.5, 0.6) is 5.75 Å². The Bertz CT molecular complexity index is 1020. The van der Waals surface area contributed by atoms with Crippen molar-refractivity contribution in [2.45, 2.75) is 18.4 Å². The van der Waals surface area contributed by atoms with Gasteiger partial charge in [-0.15, -0.1) is 0 Å². The Labute approximate surface area is 177 Å². The molecule has 8 nitrogen and oxygen atoms in total. The minimum absolute atomic E-state index is 0.00188. The Morgan fingerprint density at radius 2 is 1.72 bits per heavy atom. The molecular formula is C19H20BrNO7S. The summed E-state index contributed by atoms with van der Waals surface area (Å²) in [6, 6.07) is 8.84. The number of benzene rings is 2. The molecule has 0 N–H and O–H groups in total. The molecule has 0 saturated carbocycles. The van der Waals surface area contributed by atoms with Crippen molar-refractivity contribution in [3.8, 4) is 5.75 Å². The number of ether oxygens (including phenoxy) is 3. The number of nitrogens with zero attached hydrogens (tertiary/aromatic N) is 1. The highest BCUT2D eigenvalue weighted by Crippen LogP contribution is 2.34. The SMILES string of the molecule is COC(=O)c1cc(Br)cc(COC(C)=O)c1N(C)S(=O)(=O)c1ccc(OC)cc1. The topological polar surface area (TPSA) is 99.2 Å². The minimum Gasteiger partial charge on any atom is -0.497 e. The summed E-state index contributed by atoms with van der Waals surface area (Å²) in [5, 5.41) is 0. The standard InChI is InChI=1S/C19H20BrNO7S/c1-12(22)28-11-13-9-14(20)10-17(19(23)27-4)18(13)21(2)29(24,25)16-7-5-15(26-3)6-8-16/h5-10H,11H2,1-4H3. The summed E-state index contributed by atoms with van der Waals surface area (Å²) < 4.78 is 42.7. The molecule has 0 heterocycles. The van der Waals surface area contributed by atoms with E-state index < -0.39 is 22.0 Å². The van der Waals surface area contributed by atoms with Gasteiger partial charge in [0.15, 0.2) is 0 Å². The van der Waals surface area contributed by atoms with E-state index in [2.05, 4.69) is 15.9 Å². The zero-order valence-corrected chi connectivity index (χ0v) is 18.7. The van der Waals surface area contributed by atoms with Crippen molar-refractivity contribution >= 4 is 43.6 Å². The quantitative estimate of drug-likeness (QED) is 0.555. The fourth-order valence-electron chi connectivity index (χ4n) is 2.61. The molecule has 0 spiro atoms. The van der Waals surface area contributed by atoms with E-state index in [9.17, 15) is 18.0 Å². The van der Waals surface area contributed by atoms with E-state index in [-0.39, 0.29) is 22.8 Å². The molecule has 0 fully saturated rings.